The molecule has 1 aliphatic heterocycles. The minimum absolute atomic E-state index is 0.0808. The van der Waals surface area contributed by atoms with E-state index in [0.717, 1.165) is 6.20 Å². The van der Waals surface area contributed by atoms with Crippen LogP contribution in [0, 0.1) is 0 Å². The SMILES string of the molecule is O=C(OC1O[C@H](CO)[C@@H](O)[C@H]1O)c1cn[nH]n1. The van der Waals surface area contributed by atoms with E-state index in [-0.39, 0.29) is 5.69 Å². The zero-order chi connectivity index (χ0) is 12.4. The van der Waals surface area contributed by atoms with E-state index >= 15 is 0 Å². The van der Waals surface area contributed by atoms with Crippen molar-refractivity contribution in [1.29, 1.82) is 0 Å². The van der Waals surface area contributed by atoms with Crippen molar-refractivity contribution in [3.8, 4) is 0 Å². The Morgan fingerprint density at radius 2 is 2.29 bits per heavy atom. The third-order valence-corrected chi connectivity index (χ3v) is 2.35. The van der Waals surface area contributed by atoms with Gasteiger partial charge in [-0.1, -0.05) is 0 Å². The number of carbonyl (C=O) groups is 1. The summed E-state index contributed by atoms with van der Waals surface area (Å²) >= 11 is 0. The topological polar surface area (TPSA) is 138 Å². The van der Waals surface area contributed by atoms with E-state index in [0.29, 0.717) is 0 Å². The maximum Gasteiger partial charge on any atom is 0.362 e. The highest BCUT2D eigenvalue weighted by Gasteiger charge is 2.44. The molecule has 4 atom stereocenters. The molecule has 0 aliphatic carbocycles. The lowest BCUT2D eigenvalue weighted by molar-refractivity contribution is -0.139. The molecule has 4 N–H and O–H groups in total. The van der Waals surface area contributed by atoms with Crippen LogP contribution in [0.25, 0.3) is 0 Å². The van der Waals surface area contributed by atoms with Crippen molar-refractivity contribution in [2.75, 3.05) is 6.61 Å². The number of aliphatic hydroxyl groups is 3. The summed E-state index contributed by atoms with van der Waals surface area (Å²) in [4.78, 5) is 11.4. The summed E-state index contributed by atoms with van der Waals surface area (Å²) in [5.74, 6) is -0.853. The molecule has 0 saturated carbocycles. The average Bonchev–Trinajstić information content (AvgIpc) is 2.93. The zero-order valence-electron chi connectivity index (χ0n) is 8.55. The molecular weight excluding hydrogens is 234 g/mol. The van der Waals surface area contributed by atoms with Crippen LogP contribution < -0.4 is 0 Å². The highest BCUT2D eigenvalue weighted by Crippen LogP contribution is 2.22. The van der Waals surface area contributed by atoms with E-state index in [9.17, 15) is 15.0 Å². The van der Waals surface area contributed by atoms with Gasteiger partial charge in [-0.3, -0.25) is 0 Å². The van der Waals surface area contributed by atoms with Gasteiger partial charge in [-0.25, -0.2) is 4.79 Å². The number of hydrogen-bond acceptors (Lipinski definition) is 8. The predicted octanol–water partition coefficient (Wildman–Crippen LogP) is -2.60. The first-order chi connectivity index (χ1) is 8.13. The smallest absolute Gasteiger partial charge is 0.362 e. The number of aliphatic hydroxyl groups excluding tert-OH is 3. The molecule has 0 aromatic carbocycles. The molecule has 94 valence electrons. The fourth-order valence-electron chi connectivity index (χ4n) is 1.43. The molecule has 2 heterocycles. The first-order valence-corrected chi connectivity index (χ1v) is 4.82. The molecule has 9 heteroatoms. The van der Waals surface area contributed by atoms with Gasteiger partial charge in [0.2, 0.25) is 6.29 Å². The predicted molar refractivity (Wildman–Crippen MR) is 49.6 cm³/mol. The van der Waals surface area contributed by atoms with Gasteiger partial charge in [-0.2, -0.15) is 10.3 Å². The van der Waals surface area contributed by atoms with Crippen molar-refractivity contribution in [3.63, 3.8) is 0 Å². The lowest BCUT2D eigenvalue weighted by atomic mass is 10.1. The number of nitrogens with one attached hydrogen (secondary N) is 1. The van der Waals surface area contributed by atoms with Crippen LogP contribution in [-0.4, -0.2) is 67.9 Å². The highest BCUT2D eigenvalue weighted by molar-refractivity contribution is 5.86. The van der Waals surface area contributed by atoms with Crippen LogP contribution in [-0.2, 0) is 9.47 Å². The van der Waals surface area contributed by atoms with Gasteiger partial charge < -0.3 is 24.8 Å². The monoisotopic (exact) mass is 245 g/mol. The lowest BCUT2D eigenvalue weighted by Crippen LogP contribution is -2.35. The Morgan fingerprint density at radius 1 is 1.53 bits per heavy atom. The number of hydrogen-bond donors (Lipinski definition) is 4. The molecule has 1 aliphatic rings. The van der Waals surface area contributed by atoms with Gasteiger partial charge in [-0.05, 0) is 0 Å². The van der Waals surface area contributed by atoms with Crippen LogP contribution in [0.15, 0.2) is 6.20 Å². The number of nitrogens with zero attached hydrogens (tertiary/aromatic N) is 2. The Labute approximate surface area is 95.0 Å². The molecule has 0 radical (unpaired) electrons. The highest BCUT2D eigenvalue weighted by atomic mass is 16.7. The van der Waals surface area contributed by atoms with Crippen molar-refractivity contribution < 1.29 is 29.6 Å². The Hall–Kier alpha value is -1.55. The van der Waals surface area contributed by atoms with Gasteiger partial charge in [0.05, 0.1) is 12.8 Å². The van der Waals surface area contributed by atoms with E-state index in [1.54, 1.807) is 0 Å². The summed E-state index contributed by atoms with van der Waals surface area (Å²) in [5.41, 5.74) is -0.0808. The normalized spacial score (nSPS) is 32.6. The van der Waals surface area contributed by atoms with Crippen molar-refractivity contribution in [2.24, 2.45) is 0 Å². The molecule has 2 rings (SSSR count). The van der Waals surface area contributed by atoms with E-state index in [4.69, 9.17) is 14.6 Å². The van der Waals surface area contributed by atoms with Crippen molar-refractivity contribution in [1.82, 2.24) is 15.4 Å². The number of H-pyrrole nitrogens is 1. The molecule has 1 fully saturated rings. The first-order valence-electron chi connectivity index (χ1n) is 4.82. The Balaban J connectivity index is 1.98. The molecule has 1 aromatic rings. The van der Waals surface area contributed by atoms with Crippen LogP contribution in [0.3, 0.4) is 0 Å². The van der Waals surface area contributed by atoms with Gasteiger partial charge in [0.15, 0.2) is 5.69 Å². The fraction of sp³-hybridized carbons (Fsp3) is 0.625. The zero-order valence-corrected chi connectivity index (χ0v) is 8.55. The second-order valence-electron chi connectivity index (χ2n) is 3.47. The number of carbonyl (C=O) groups excluding carboxylic acids is 1. The molecule has 17 heavy (non-hydrogen) atoms. The van der Waals surface area contributed by atoms with E-state index in [2.05, 4.69) is 15.4 Å². The summed E-state index contributed by atoms with van der Waals surface area (Å²) in [7, 11) is 0. The summed E-state index contributed by atoms with van der Waals surface area (Å²) in [5, 5.41) is 36.9. The van der Waals surface area contributed by atoms with Crippen LogP contribution >= 0.6 is 0 Å². The lowest BCUT2D eigenvalue weighted by Gasteiger charge is -2.14. The minimum atomic E-state index is -1.41. The molecule has 1 aromatic heterocycles. The number of aromatic amines is 1. The molecule has 0 amide bonds. The largest absolute Gasteiger partial charge is 0.428 e. The molecular formula is C8H11N3O6. The van der Waals surface area contributed by atoms with Crippen LogP contribution in [0.5, 0.6) is 0 Å². The second kappa shape index (κ2) is 4.75. The quantitative estimate of drug-likeness (QED) is 0.425. The number of esters is 1. The van der Waals surface area contributed by atoms with Gasteiger partial charge >= 0.3 is 5.97 Å². The van der Waals surface area contributed by atoms with Gasteiger partial charge in [0.25, 0.3) is 0 Å². The second-order valence-corrected chi connectivity index (χ2v) is 3.47. The van der Waals surface area contributed by atoms with Crippen LogP contribution in [0.1, 0.15) is 10.5 Å². The Bertz CT molecular complexity index is 383. The first kappa shape index (κ1) is 11.9. The average molecular weight is 245 g/mol. The molecule has 0 spiro atoms. The van der Waals surface area contributed by atoms with Crippen molar-refractivity contribution in [3.05, 3.63) is 11.9 Å². The van der Waals surface area contributed by atoms with Gasteiger partial charge in [-0.15, -0.1) is 5.10 Å². The molecule has 0 bridgehead atoms. The van der Waals surface area contributed by atoms with Crippen LogP contribution in [0.4, 0.5) is 0 Å². The van der Waals surface area contributed by atoms with Crippen molar-refractivity contribution in [2.45, 2.75) is 24.6 Å². The van der Waals surface area contributed by atoms with Gasteiger partial charge in [0, 0.05) is 0 Å². The van der Waals surface area contributed by atoms with E-state index in [1.165, 1.54) is 0 Å². The number of ether oxygens (including phenoxy) is 2. The summed E-state index contributed by atoms with van der Waals surface area (Å²) in [6, 6.07) is 0. The molecule has 9 nitrogen and oxygen atoms in total. The number of aromatic nitrogens is 3. The third-order valence-electron chi connectivity index (χ3n) is 2.35. The Morgan fingerprint density at radius 3 is 2.82 bits per heavy atom. The summed E-state index contributed by atoms with van der Waals surface area (Å²) < 4.78 is 9.72. The van der Waals surface area contributed by atoms with E-state index in [1.807, 2.05) is 0 Å². The Kier molecular flexibility index (Phi) is 3.33. The standard InChI is InChI=1S/C8H11N3O6/c12-2-4-5(13)6(14)8(16-4)17-7(15)3-1-9-11-10-3/h1,4-6,8,12-14H,2H2,(H,9,10,11)/t4-,5-,6-,8?/m1/s1. The molecule has 1 saturated heterocycles. The fourth-order valence-corrected chi connectivity index (χ4v) is 1.43. The van der Waals surface area contributed by atoms with Gasteiger partial charge in [0.1, 0.15) is 18.3 Å². The maximum absolute atomic E-state index is 11.4. The van der Waals surface area contributed by atoms with Crippen molar-refractivity contribution >= 4 is 5.97 Å². The molecule has 1 unspecified atom stereocenters. The number of rotatable bonds is 3. The van der Waals surface area contributed by atoms with E-state index < -0.39 is 37.2 Å². The third kappa shape index (κ3) is 2.26. The minimum Gasteiger partial charge on any atom is -0.428 e. The summed E-state index contributed by atoms with van der Waals surface area (Å²) in [6.07, 6.45) is -3.91. The summed E-state index contributed by atoms with van der Waals surface area (Å²) in [6.45, 7) is -0.490. The van der Waals surface area contributed by atoms with Crippen LogP contribution in [0.2, 0.25) is 0 Å². The maximum atomic E-state index is 11.4.